The van der Waals surface area contributed by atoms with Gasteiger partial charge in [-0.2, -0.15) is 31.4 Å². The van der Waals surface area contributed by atoms with E-state index in [9.17, 15) is 35.5 Å². The molecule has 246 valence electrons. The molecule has 2 heterocycles. The van der Waals surface area contributed by atoms with Crippen LogP contribution in [0.4, 0.5) is 36.4 Å². The van der Waals surface area contributed by atoms with Gasteiger partial charge in [0.05, 0.1) is 17.8 Å². The first-order valence-corrected chi connectivity index (χ1v) is 12.6. The van der Waals surface area contributed by atoms with Crippen molar-refractivity contribution < 1.29 is 64.8 Å². The van der Waals surface area contributed by atoms with Gasteiger partial charge in [0, 0.05) is 29.9 Å². The van der Waals surface area contributed by atoms with Gasteiger partial charge in [-0.25, -0.2) is 14.0 Å². The second-order valence-corrected chi connectivity index (χ2v) is 9.38. The number of aliphatic carboxylic acids is 2. The highest BCUT2D eigenvalue weighted by atomic mass is 19.4. The molecule has 1 unspecified atom stereocenters. The molecule has 2 aromatic carbocycles. The van der Waals surface area contributed by atoms with E-state index in [2.05, 4.69) is 15.5 Å². The third-order valence-electron chi connectivity index (χ3n) is 5.67. The first-order valence-electron chi connectivity index (χ1n) is 12.6. The van der Waals surface area contributed by atoms with Gasteiger partial charge < -0.3 is 29.9 Å². The van der Waals surface area contributed by atoms with Crippen molar-refractivity contribution in [1.82, 2.24) is 15.1 Å². The number of amides is 1. The summed E-state index contributed by atoms with van der Waals surface area (Å²) in [5.74, 6) is -5.38. The zero-order valence-corrected chi connectivity index (χ0v) is 23.5. The number of hydrogen-bond donors (Lipinski definition) is 4. The monoisotopic (exact) mass is 652 g/mol. The normalized spacial score (nSPS) is 14.0. The number of H-pyrrole nitrogens is 1. The number of rotatable bonds is 7. The SMILES string of the molecule is CN(C)CCOc1cc(-c2cn[nH]c2)c(F)cc1NC(=O)C1COc2ccccc2C1.O=C(O)C(F)(F)F.O=C(O)C(F)(F)F. The number of fused-ring (bicyclic) bond motifs is 1. The molecular formula is C27H27F7N4O7. The topological polar surface area (TPSA) is 154 Å². The number of ether oxygens (including phenoxy) is 2. The molecule has 0 bridgehead atoms. The smallest absolute Gasteiger partial charge is 0.490 e. The van der Waals surface area contributed by atoms with E-state index < -0.39 is 30.1 Å². The number of alkyl halides is 6. The Morgan fingerprint density at radius 3 is 2.20 bits per heavy atom. The number of carbonyl (C=O) groups is 3. The molecule has 0 saturated heterocycles. The number of para-hydroxylation sites is 1. The molecule has 0 fully saturated rings. The van der Waals surface area contributed by atoms with Crippen LogP contribution in [0.3, 0.4) is 0 Å². The van der Waals surface area contributed by atoms with Crippen LogP contribution in [0.2, 0.25) is 0 Å². The number of aromatic amines is 1. The Kier molecular flexibility index (Phi) is 12.7. The van der Waals surface area contributed by atoms with Crippen LogP contribution in [0.25, 0.3) is 11.1 Å². The molecule has 1 aliphatic rings. The third-order valence-corrected chi connectivity index (χ3v) is 5.67. The van der Waals surface area contributed by atoms with E-state index >= 15 is 0 Å². The molecule has 0 aliphatic carbocycles. The molecule has 18 heteroatoms. The van der Waals surface area contributed by atoms with Gasteiger partial charge in [-0.05, 0) is 38.2 Å². The van der Waals surface area contributed by atoms with Crippen molar-refractivity contribution in [3.05, 3.63) is 60.2 Å². The summed E-state index contributed by atoms with van der Waals surface area (Å²) < 4.78 is 90.0. The second kappa shape index (κ2) is 15.7. The molecule has 3 aromatic rings. The molecule has 11 nitrogen and oxygen atoms in total. The van der Waals surface area contributed by atoms with Crippen molar-refractivity contribution in [2.24, 2.45) is 5.92 Å². The zero-order chi connectivity index (χ0) is 33.9. The van der Waals surface area contributed by atoms with E-state index in [1.807, 2.05) is 43.3 Å². The maximum absolute atomic E-state index is 14.9. The Morgan fingerprint density at radius 2 is 1.67 bits per heavy atom. The lowest BCUT2D eigenvalue weighted by atomic mass is 9.96. The predicted octanol–water partition coefficient (Wildman–Crippen LogP) is 4.61. The number of anilines is 1. The first-order chi connectivity index (χ1) is 20.9. The van der Waals surface area contributed by atoms with Gasteiger partial charge >= 0.3 is 24.3 Å². The van der Waals surface area contributed by atoms with Gasteiger partial charge in [0.15, 0.2) is 0 Å². The van der Waals surface area contributed by atoms with Crippen molar-refractivity contribution in [1.29, 1.82) is 0 Å². The molecule has 4 N–H and O–H groups in total. The van der Waals surface area contributed by atoms with Crippen molar-refractivity contribution in [2.75, 3.05) is 39.2 Å². The summed E-state index contributed by atoms with van der Waals surface area (Å²) in [4.78, 5) is 32.7. The maximum atomic E-state index is 14.9. The van der Waals surface area contributed by atoms with Gasteiger partial charge in [0.2, 0.25) is 5.91 Å². The minimum Gasteiger partial charge on any atom is -0.492 e. The fourth-order valence-corrected chi connectivity index (χ4v) is 3.46. The highest BCUT2D eigenvalue weighted by Crippen LogP contribution is 2.34. The fraction of sp³-hybridized carbons (Fsp3) is 0.333. The summed E-state index contributed by atoms with van der Waals surface area (Å²) in [7, 11) is 3.88. The second-order valence-electron chi connectivity index (χ2n) is 9.38. The predicted molar refractivity (Wildman–Crippen MR) is 143 cm³/mol. The van der Waals surface area contributed by atoms with E-state index in [0.717, 1.165) is 11.3 Å². The minimum atomic E-state index is -5.08. The van der Waals surface area contributed by atoms with Crippen molar-refractivity contribution >= 4 is 23.5 Å². The van der Waals surface area contributed by atoms with Crippen LogP contribution < -0.4 is 14.8 Å². The van der Waals surface area contributed by atoms with Crippen molar-refractivity contribution in [3.8, 4) is 22.6 Å². The Morgan fingerprint density at radius 1 is 1.07 bits per heavy atom. The lowest BCUT2D eigenvalue weighted by Gasteiger charge is -2.25. The number of carbonyl (C=O) groups excluding carboxylic acids is 1. The number of likely N-dealkylation sites (N-methyl/N-ethyl adjacent to an activating group) is 1. The molecule has 1 amide bonds. The Hall–Kier alpha value is -4.87. The van der Waals surface area contributed by atoms with Crippen LogP contribution in [0, 0.1) is 11.7 Å². The van der Waals surface area contributed by atoms with Gasteiger partial charge in [-0.15, -0.1) is 0 Å². The number of halogens is 7. The Balaban J connectivity index is 0.000000421. The first kappa shape index (κ1) is 36.3. The number of nitrogens with zero attached hydrogens (tertiary/aromatic N) is 2. The number of nitrogens with one attached hydrogen (secondary N) is 2. The summed E-state index contributed by atoms with van der Waals surface area (Å²) in [5.41, 5.74) is 2.23. The van der Waals surface area contributed by atoms with Crippen LogP contribution in [0.5, 0.6) is 11.5 Å². The van der Waals surface area contributed by atoms with E-state index in [0.29, 0.717) is 42.1 Å². The highest BCUT2D eigenvalue weighted by Gasteiger charge is 2.39. The third kappa shape index (κ3) is 11.6. The summed E-state index contributed by atoms with van der Waals surface area (Å²) in [5, 5.41) is 23.7. The molecule has 45 heavy (non-hydrogen) atoms. The minimum absolute atomic E-state index is 0.234. The van der Waals surface area contributed by atoms with Crippen molar-refractivity contribution in [3.63, 3.8) is 0 Å². The van der Waals surface area contributed by atoms with Crippen LogP contribution in [-0.4, -0.2) is 89.4 Å². The van der Waals surface area contributed by atoms with E-state index in [-0.39, 0.29) is 18.4 Å². The van der Waals surface area contributed by atoms with E-state index in [4.69, 9.17) is 29.3 Å². The van der Waals surface area contributed by atoms with Crippen LogP contribution in [0.1, 0.15) is 5.56 Å². The summed E-state index contributed by atoms with van der Waals surface area (Å²) >= 11 is 0. The van der Waals surface area contributed by atoms with Crippen LogP contribution in [0.15, 0.2) is 48.8 Å². The molecular weight excluding hydrogens is 625 g/mol. The van der Waals surface area contributed by atoms with E-state index in [1.165, 1.54) is 12.3 Å². The number of benzene rings is 2. The molecule has 4 rings (SSSR count). The highest BCUT2D eigenvalue weighted by molar-refractivity contribution is 5.95. The molecule has 0 saturated carbocycles. The summed E-state index contributed by atoms with van der Waals surface area (Å²) in [6.07, 6.45) is -6.46. The molecule has 0 radical (unpaired) electrons. The molecule has 1 atom stereocenters. The fourth-order valence-electron chi connectivity index (χ4n) is 3.46. The maximum Gasteiger partial charge on any atom is 0.490 e. The average molecular weight is 653 g/mol. The van der Waals surface area contributed by atoms with Crippen molar-refractivity contribution in [2.45, 2.75) is 18.8 Å². The van der Waals surface area contributed by atoms with Gasteiger partial charge in [0.1, 0.15) is 30.5 Å². The van der Waals surface area contributed by atoms with Gasteiger partial charge in [-0.3, -0.25) is 9.89 Å². The number of carboxylic acids is 2. The lowest BCUT2D eigenvalue weighted by Crippen LogP contribution is -2.32. The Bertz CT molecular complexity index is 1420. The number of hydrogen-bond acceptors (Lipinski definition) is 7. The van der Waals surface area contributed by atoms with Gasteiger partial charge in [0.25, 0.3) is 0 Å². The molecule has 1 aromatic heterocycles. The quantitative estimate of drug-likeness (QED) is 0.268. The molecule has 1 aliphatic heterocycles. The Labute approximate surface area is 250 Å². The lowest BCUT2D eigenvalue weighted by molar-refractivity contribution is -0.193. The van der Waals surface area contributed by atoms with Gasteiger partial charge in [-0.1, -0.05) is 18.2 Å². The zero-order valence-electron chi connectivity index (χ0n) is 23.5. The largest absolute Gasteiger partial charge is 0.492 e. The number of aromatic nitrogens is 2. The summed E-state index contributed by atoms with van der Waals surface area (Å²) in [6, 6.07) is 10.6. The summed E-state index contributed by atoms with van der Waals surface area (Å²) in [6.45, 7) is 1.35. The van der Waals surface area contributed by atoms with Crippen LogP contribution >= 0.6 is 0 Å². The van der Waals surface area contributed by atoms with Crippen LogP contribution in [-0.2, 0) is 20.8 Å². The molecule has 0 spiro atoms. The standard InChI is InChI=1S/C23H25FN4O3.2C2HF3O2/c1-28(2)7-8-30-22-10-18(17-12-25-26-13-17)19(24)11-20(22)27-23(29)16-9-15-5-3-4-6-21(15)31-14-16;2*3-2(4,5)1(6)7/h3-6,10-13,16H,7-9,14H2,1-2H3,(H,25,26)(H,27,29);2*(H,6,7). The average Bonchev–Trinajstić information content (AvgIpc) is 3.48. The number of carboxylic acid groups (broad SMARTS) is 2. The van der Waals surface area contributed by atoms with E-state index in [1.54, 1.807) is 12.3 Å².